The predicted molar refractivity (Wildman–Crippen MR) is 108 cm³/mol. The number of amides is 1. The molecular weight excluding hydrogens is 504 g/mol. The second-order valence-electron chi connectivity index (χ2n) is 6.48. The molecule has 6 nitrogen and oxygen atoms in total. The summed E-state index contributed by atoms with van der Waals surface area (Å²) in [6.07, 6.45) is -1.91. The Morgan fingerprint density at radius 3 is 2.56 bits per heavy atom. The Morgan fingerprint density at radius 2 is 1.97 bits per heavy atom. The van der Waals surface area contributed by atoms with E-state index in [-0.39, 0.29) is 27.1 Å². The maximum absolute atomic E-state index is 14.4. The SMILES string of the molecule is O=C(NSN1CCC1)c1cc(Cl)c(Oc2cnc(OCC(F)(F)C(F)F)c(Cl)c2)cc1F. The Hall–Kier alpha value is -2.02. The number of aromatic nitrogens is 1. The van der Waals surface area contributed by atoms with E-state index in [9.17, 15) is 26.7 Å². The number of nitrogens with one attached hydrogen (secondary N) is 1. The van der Waals surface area contributed by atoms with Crippen molar-refractivity contribution in [3.8, 4) is 17.4 Å². The van der Waals surface area contributed by atoms with Crippen LogP contribution in [0.15, 0.2) is 24.4 Å². The van der Waals surface area contributed by atoms with Crippen LogP contribution in [-0.2, 0) is 0 Å². The van der Waals surface area contributed by atoms with Gasteiger partial charge >= 0.3 is 12.3 Å². The molecular formula is C18H14Cl2F5N3O3S. The molecule has 32 heavy (non-hydrogen) atoms. The van der Waals surface area contributed by atoms with E-state index >= 15 is 0 Å². The Bertz CT molecular complexity index is 999. The van der Waals surface area contributed by atoms with Crippen molar-refractivity contribution in [3.63, 3.8) is 0 Å². The van der Waals surface area contributed by atoms with Crippen LogP contribution < -0.4 is 14.2 Å². The van der Waals surface area contributed by atoms with Crippen LogP contribution in [0.25, 0.3) is 0 Å². The number of rotatable bonds is 9. The Morgan fingerprint density at radius 1 is 1.25 bits per heavy atom. The molecule has 1 fully saturated rings. The second-order valence-corrected chi connectivity index (χ2v) is 8.20. The molecule has 0 saturated carbocycles. The van der Waals surface area contributed by atoms with Gasteiger partial charge in [0.25, 0.3) is 5.91 Å². The van der Waals surface area contributed by atoms with Crippen LogP contribution >= 0.6 is 35.3 Å². The average Bonchev–Trinajstić information content (AvgIpc) is 2.68. The van der Waals surface area contributed by atoms with Gasteiger partial charge in [-0.2, -0.15) is 8.78 Å². The molecule has 0 spiro atoms. The summed E-state index contributed by atoms with van der Waals surface area (Å²) in [6.45, 7) is 0.000269. The van der Waals surface area contributed by atoms with Gasteiger partial charge < -0.3 is 9.47 Å². The summed E-state index contributed by atoms with van der Waals surface area (Å²) in [5.74, 6) is -6.74. The quantitative estimate of drug-likeness (QED) is 0.345. The molecule has 0 unspecified atom stereocenters. The van der Waals surface area contributed by atoms with Crippen molar-refractivity contribution in [2.24, 2.45) is 0 Å². The number of benzene rings is 1. The highest BCUT2D eigenvalue weighted by molar-refractivity contribution is 7.95. The van der Waals surface area contributed by atoms with Crippen LogP contribution in [0, 0.1) is 5.82 Å². The van der Waals surface area contributed by atoms with Crippen molar-refractivity contribution >= 4 is 41.2 Å². The van der Waals surface area contributed by atoms with E-state index in [2.05, 4.69) is 14.4 Å². The zero-order valence-electron chi connectivity index (χ0n) is 15.9. The van der Waals surface area contributed by atoms with Crippen molar-refractivity contribution in [3.05, 3.63) is 45.8 Å². The normalized spacial score (nSPS) is 14.2. The molecule has 0 atom stereocenters. The smallest absolute Gasteiger partial charge is 0.340 e. The van der Waals surface area contributed by atoms with Crippen LogP contribution in [-0.4, -0.2) is 47.2 Å². The number of alkyl halides is 4. The van der Waals surface area contributed by atoms with Gasteiger partial charge in [0.2, 0.25) is 5.88 Å². The van der Waals surface area contributed by atoms with Crippen LogP contribution in [0.1, 0.15) is 16.8 Å². The van der Waals surface area contributed by atoms with E-state index in [1.807, 2.05) is 4.31 Å². The lowest BCUT2D eigenvalue weighted by Gasteiger charge is -2.28. The predicted octanol–water partition coefficient (Wildman–Crippen LogP) is 5.60. The highest BCUT2D eigenvalue weighted by Crippen LogP contribution is 2.35. The van der Waals surface area contributed by atoms with E-state index < -0.39 is 36.6 Å². The maximum atomic E-state index is 14.4. The van der Waals surface area contributed by atoms with Crippen molar-refractivity contribution < 1.29 is 36.2 Å². The van der Waals surface area contributed by atoms with Crippen LogP contribution in [0.3, 0.4) is 0 Å². The van der Waals surface area contributed by atoms with Gasteiger partial charge in [0, 0.05) is 37.4 Å². The molecule has 1 aliphatic heterocycles. The fourth-order valence-electron chi connectivity index (χ4n) is 2.24. The topological polar surface area (TPSA) is 63.7 Å². The highest BCUT2D eigenvalue weighted by atomic mass is 35.5. The van der Waals surface area contributed by atoms with Crippen LogP contribution in [0.4, 0.5) is 22.0 Å². The summed E-state index contributed by atoms with van der Waals surface area (Å²) in [6, 6.07) is 3.05. The summed E-state index contributed by atoms with van der Waals surface area (Å²) < 4.78 is 79.0. The van der Waals surface area contributed by atoms with Crippen molar-refractivity contribution in [1.82, 2.24) is 14.0 Å². The van der Waals surface area contributed by atoms with Crippen molar-refractivity contribution in [1.29, 1.82) is 0 Å². The molecule has 2 heterocycles. The molecule has 1 N–H and O–H groups in total. The summed E-state index contributed by atoms with van der Waals surface area (Å²) in [5.41, 5.74) is -0.296. The van der Waals surface area contributed by atoms with Gasteiger partial charge in [-0.25, -0.2) is 22.5 Å². The molecule has 14 heteroatoms. The first kappa shape index (κ1) is 24.6. The number of carbonyl (C=O) groups excluding carboxylic acids is 1. The maximum Gasteiger partial charge on any atom is 0.340 e. The third kappa shape index (κ3) is 6.06. The van der Waals surface area contributed by atoms with E-state index in [1.165, 1.54) is 0 Å². The molecule has 174 valence electrons. The van der Waals surface area contributed by atoms with Crippen LogP contribution in [0.5, 0.6) is 17.4 Å². The first-order chi connectivity index (χ1) is 15.1. The van der Waals surface area contributed by atoms with Gasteiger partial charge in [0.05, 0.1) is 16.8 Å². The van der Waals surface area contributed by atoms with Gasteiger partial charge in [0.1, 0.15) is 22.3 Å². The molecule has 1 aliphatic rings. The fourth-order valence-corrected chi connectivity index (χ4v) is 3.42. The van der Waals surface area contributed by atoms with Gasteiger partial charge in [0.15, 0.2) is 6.61 Å². The van der Waals surface area contributed by atoms with Crippen molar-refractivity contribution in [2.75, 3.05) is 19.7 Å². The highest BCUT2D eigenvalue weighted by Gasteiger charge is 2.42. The Kier molecular flexibility index (Phi) is 7.91. The van der Waals surface area contributed by atoms with E-state index in [1.54, 1.807) is 0 Å². The minimum Gasteiger partial charge on any atom is -0.470 e. The van der Waals surface area contributed by atoms with Gasteiger partial charge in [-0.05, 0) is 12.5 Å². The summed E-state index contributed by atoms with van der Waals surface area (Å²) in [7, 11) is 0. The molecule has 1 amide bonds. The lowest BCUT2D eigenvalue weighted by atomic mass is 10.2. The van der Waals surface area contributed by atoms with E-state index in [0.29, 0.717) is 0 Å². The second kappa shape index (κ2) is 10.3. The fraction of sp³-hybridized carbons (Fsp3) is 0.333. The molecule has 2 aromatic rings. The standard InChI is InChI=1S/C18H14Cl2F5N3O3S/c19-11-5-10(15(29)27-32-28-2-1-3-28)13(21)6-14(11)31-9-4-12(20)16(26-7-9)30-8-18(24,25)17(22)23/h4-7,17H,1-3,8H2,(H,27,29). The number of nitrogens with zero attached hydrogens (tertiary/aromatic N) is 2. The first-order valence-electron chi connectivity index (χ1n) is 8.90. The largest absolute Gasteiger partial charge is 0.470 e. The number of hydrogen-bond acceptors (Lipinski definition) is 6. The molecule has 0 radical (unpaired) electrons. The monoisotopic (exact) mass is 517 g/mol. The van der Waals surface area contributed by atoms with E-state index in [0.717, 1.165) is 56.0 Å². The minimum atomic E-state index is -4.38. The lowest BCUT2D eigenvalue weighted by Crippen LogP contribution is -2.35. The number of carbonyl (C=O) groups is 1. The zero-order valence-corrected chi connectivity index (χ0v) is 18.2. The molecule has 1 aromatic carbocycles. The summed E-state index contributed by atoms with van der Waals surface area (Å²) in [4.78, 5) is 15.8. The molecule has 0 bridgehead atoms. The van der Waals surface area contributed by atoms with Gasteiger partial charge in [-0.3, -0.25) is 9.52 Å². The third-order valence-corrected chi connectivity index (χ3v) is 5.55. The zero-order chi connectivity index (χ0) is 23.5. The lowest BCUT2D eigenvalue weighted by molar-refractivity contribution is -0.148. The Balaban J connectivity index is 1.66. The first-order valence-corrected chi connectivity index (χ1v) is 10.4. The van der Waals surface area contributed by atoms with Gasteiger partial charge in [-0.15, -0.1) is 0 Å². The van der Waals surface area contributed by atoms with Crippen LogP contribution in [0.2, 0.25) is 10.0 Å². The summed E-state index contributed by atoms with van der Waals surface area (Å²) >= 11 is 13.0. The average molecular weight is 518 g/mol. The number of hydrogen-bond donors (Lipinski definition) is 1. The molecule has 1 aromatic heterocycles. The van der Waals surface area contributed by atoms with Crippen molar-refractivity contribution in [2.45, 2.75) is 18.8 Å². The molecule has 1 saturated heterocycles. The number of halogens is 7. The van der Waals surface area contributed by atoms with Gasteiger partial charge in [-0.1, -0.05) is 23.2 Å². The van der Waals surface area contributed by atoms with E-state index in [4.69, 9.17) is 27.9 Å². The number of pyridine rings is 1. The Labute approximate surface area is 193 Å². The summed E-state index contributed by atoms with van der Waals surface area (Å²) in [5, 5.41) is -0.415. The molecule has 3 rings (SSSR count). The molecule has 0 aliphatic carbocycles. The third-order valence-electron chi connectivity index (χ3n) is 4.08. The minimum absolute atomic E-state index is 0.0742. The number of ether oxygens (including phenoxy) is 2.